The number of azo groups is 1. The molecule has 0 bridgehead atoms. The van der Waals surface area contributed by atoms with Gasteiger partial charge in [-0.2, -0.15) is 15.5 Å². The Hall–Kier alpha value is -4.02. The Morgan fingerprint density at radius 3 is 2.14 bits per heavy atom. The summed E-state index contributed by atoms with van der Waals surface area (Å²) in [6.45, 7) is 8.94. The molecule has 6 nitrogen and oxygen atoms in total. The lowest BCUT2D eigenvalue weighted by Crippen LogP contribution is -2.28. The molecule has 3 aromatic rings. The molecule has 0 atom stereocenters. The van der Waals surface area contributed by atoms with Crippen LogP contribution >= 0.6 is 15.9 Å². The number of anilines is 1. The second-order valence-electron chi connectivity index (χ2n) is 7.98. The Morgan fingerprint density at radius 1 is 1.03 bits per heavy atom. The minimum Gasteiger partial charge on any atom is -0.460 e. The maximum atomic E-state index is 11.6. The SMILES string of the molecule is C=C(C)C(=O)OCCN(CC)c1ccc(N=Nc2ccc(/C=C(\C#N)c3ccc(Br)cc3)cc2)cc1. The predicted octanol–water partition coefficient (Wildman–Crippen LogP) is 7.87. The third-order valence-corrected chi connectivity index (χ3v) is 5.83. The van der Waals surface area contributed by atoms with E-state index in [-0.39, 0.29) is 5.97 Å². The molecule has 0 saturated heterocycles. The summed E-state index contributed by atoms with van der Waals surface area (Å²) in [5.74, 6) is -0.374. The highest BCUT2D eigenvalue weighted by Gasteiger charge is 2.07. The van der Waals surface area contributed by atoms with Gasteiger partial charge in [0.05, 0.1) is 29.6 Å². The molecule has 0 aliphatic rings. The van der Waals surface area contributed by atoms with E-state index in [9.17, 15) is 10.1 Å². The number of carbonyl (C=O) groups is 1. The van der Waals surface area contributed by atoms with Crippen LogP contribution in [0.4, 0.5) is 17.1 Å². The molecule has 0 aliphatic carbocycles. The van der Waals surface area contributed by atoms with Gasteiger partial charge >= 0.3 is 5.97 Å². The van der Waals surface area contributed by atoms with Crippen molar-refractivity contribution in [2.75, 3.05) is 24.6 Å². The molecule has 0 spiro atoms. The first-order chi connectivity index (χ1) is 17.4. The maximum absolute atomic E-state index is 11.6. The summed E-state index contributed by atoms with van der Waals surface area (Å²) >= 11 is 3.41. The molecule has 0 aliphatic heterocycles. The number of carbonyl (C=O) groups excluding carboxylic acids is 1. The van der Waals surface area contributed by atoms with Crippen LogP contribution in [0.15, 0.2) is 99.6 Å². The molecule has 0 radical (unpaired) electrons. The summed E-state index contributed by atoms with van der Waals surface area (Å²) in [4.78, 5) is 13.7. The Bertz CT molecular complexity index is 1290. The van der Waals surface area contributed by atoms with Crippen LogP contribution in [0.5, 0.6) is 0 Å². The van der Waals surface area contributed by atoms with Crippen LogP contribution in [-0.4, -0.2) is 25.7 Å². The van der Waals surface area contributed by atoms with Gasteiger partial charge in [-0.05, 0) is 79.6 Å². The molecule has 182 valence electrons. The molecule has 0 saturated carbocycles. The van der Waals surface area contributed by atoms with Crippen molar-refractivity contribution in [3.63, 3.8) is 0 Å². The highest BCUT2D eigenvalue weighted by atomic mass is 79.9. The van der Waals surface area contributed by atoms with E-state index >= 15 is 0 Å². The number of halogens is 1. The Labute approximate surface area is 220 Å². The van der Waals surface area contributed by atoms with Crippen LogP contribution < -0.4 is 4.90 Å². The smallest absolute Gasteiger partial charge is 0.333 e. The van der Waals surface area contributed by atoms with Crippen molar-refractivity contribution >= 4 is 50.6 Å². The van der Waals surface area contributed by atoms with Gasteiger partial charge in [0.25, 0.3) is 0 Å². The Morgan fingerprint density at radius 2 is 1.61 bits per heavy atom. The van der Waals surface area contributed by atoms with Crippen molar-refractivity contribution < 1.29 is 9.53 Å². The zero-order valence-electron chi connectivity index (χ0n) is 20.3. The Kier molecular flexibility index (Phi) is 9.73. The van der Waals surface area contributed by atoms with Gasteiger partial charge < -0.3 is 9.64 Å². The number of nitrogens with zero attached hydrogens (tertiary/aromatic N) is 4. The van der Waals surface area contributed by atoms with Gasteiger partial charge in [0.2, 0.25) is 0 Å². The minimum atomic E-state index is -0.374. The first kappa shape index (κ1) is 26.6. The lowest BCUT2D eigenvalue weighted by Gasteiger charge is -2.22. The van der Waals surface area contributed by atoms with Crippen molar-refractivity contribution in [3.8, 4) is 6.07 Å². The van der Waals surface area contributed by atoms with Crippen LogP contribution in [-0.2, 0) is 9.53 Å². The molecular weight excluding hydrogens is 516 g/mol. The van der Waals surface area contributed by atoms with Gasteiger partial charge in [-0.3, -0.25) is 0 Å². The second kappa shape index (κ2) is 13.2. The highest BCUT2D eigenvalue weighted by molar-refractivity contribution is 9.10. The highest BCUT2D eigenvalue weighted by Crippen LogP contribution is 2.24. The molecule has 3 aromatic carbocycles. The third kappa shape index (κ3) is 7.76. The number of ether oxygens (including phenoxy) is 1. The van der Waals surface area contributed by atoms with Crippen molar-refractivity contribution in [1.29, 1.82) is 5.26 Å². The van der Waals surface area contributed by atoms with Crippen molar-refractivity contribution in [2.45, 2.75) is 13.8 Å². The fourth-order valence-electron chi connectivity index (χ4n) is 3.30. The monoisotopic (exact) mass is 542 g/mol. The van der Waals surface area contributed by atoms with Crippen LogP contribution in [0.25, 0.3) is 11.6 Å². The van der Waals surface area contributed by atoms with E-state index in [1.807, 2.05) is 85.8 Å². The molecular formula is C29H27BrN4O2. The molecule has 0 fully saturated rings. The molecule has 3 rings (SSSR count). The maximum Gasteiger partial charge on any atom is 0.333 e. The number of hydrogen-bond acceptors (Lipinski definition) is 6. The van der Waals surface area contributed by atoms with Crippen molar-refractivity contribution in [3.05, 3.63) is 101 Å². The second-order valence-corrected chi connectivity index (χ2v) is 8.90. The van der Waals surface area contributed by atoms with Gasteiger partial charge in [-0.25, -0.2) is 4.79 Å². The van der Waals surface area contributed by atoms with Gasteiger partial charge in [0, 0.05) is 22.3 Å². The van der Waals surface area contributed by atoms with Crippen LogP contribution in [0.1, 0.15) is 25.0 Å². The molecule has 0 N–H and O–H groups in total. The number of benzene rings is 3. The molecule has 7 heteroatoms. The lowest BCUT2D eigenvalue weighted by molar-refractivity contribution is -0.138. The van der Waals surface area contributed by atoms with Crippen LogP contribution in [0.2, 0.25) is 0 Å². The summed E-state index contributed by atoms with van der Waals surface area (Å²) in [7, 11) is 0. The van der Waals surface area contributed by atoms with Gasteiger partial charge in [-0.15, -0.1) is 0 Å². The Balaban J connectivity index is 1.61. The van der Waals surface area contributed by atoms with E-state index in [0.29, 0.717) is 30.0 Å². The summed E-state index contributed by atoms with van der Waals surface area (Å²) in [6, 6.07) is 25.2. The van der Waals surface area contributed by atoms with Crippen molar-refractivity contribution in [1.82, 2.24) is 0 Å². The summed E-state index contributed by atoms with van der Waals surface area (Å²) in [5, 5.41) is 18.2. The number of nitriles is 1. The normalized spacial score (nSPS) is 11.2. The molecule has 0 unspecified atom stereocenters. The fraction of sp³-hybridized carbons (Fsp3) is 0.172. The summed E-state index contributed by atoms with van der Waals surface area (Å²) < 4.78 is 6.17. The topological polar surface area (TPSA) is 78.0 Å². The molecule has 36 heavy (non-hydrogen) atoms. The van der Waals surface area contributed by atoms with E-state index in [1.54, 1.807) is 6.92 Å². The number of allylic oxidation sites excluding steroid dienone is 1. The lowest BCUT2D eigenvalue weighted by atomic mass is 10.0. The standard InChI is InChI=1S/C29H27BrN4O2/c1-4-34(17-18-36-29(35)21(2)3)28-15-13-27(14-16-28)33-32-26-11-5-22(6-12-26)19-24(20-31)23-7-9-25(30)10-8-23/h5-16,19H,2,4,17-18H2,1,3H3/b24-19+,33-32?. The minimum absolute atomic E-state index is 0.297. The van der Waals surface area contributed by atoms with Crippen LogP contribution in [0.3, 0.4) is 0 Å². The predicted molar refractivity (Wildman–Crippen MR) is 148 cm³/mol. The number of likely N-dealkylation sites (N-methyl/N-ethyl adjacent to an activating group) is 1. The molecule has 0 amide bonds. The van der Waals surface area contributed by atoms with Gasteiger partial charge in [0.15, 0.2) is 0 Å². The molecule has 0 heterocycles. The zero-order valence-corrected chi connectivity index (χ0v) is 21.9. The fourth-order valence-corrected chi connectivity index (χ4v) is 3.56. The number of rotatable bonds is 10. The first-order valence-corrected chi connectivity index (χ1v) is 12.3. The van der Waals surface area contributed by atoms with Crippen LogP contribution in [0, 0.1) is 11.3 Å². The van der Waals surface area contributed by atoms with Gasteiger partial charge in [0.1, 0.15) is 6.61 Å². The zero-order chi connectivity index (χ0) is 25.9. The third-order valence-electron chi connectivity index (χ3n) is 5.30. The van der Waals surface area contributed by atoms with E-state index < -0.39 is 0 Å². The van der Waals surface area contributed by atoms with Gasteiger partial charge in [-0.1, -0.05) is 46.8 Å². The molecule has 0 aromatic heterocycles. The number of hydrogen-bond donors (Lipinski definition) is 0. The average Bonchev–Trinajstić information content (AvgIpc) is 2.90. The van der Waals surface area contributed by atoms with Crippen molar-refractivity contribution in [2.24, 2.45) is 10.2 Å². The quantitative estimate of drug-likeness (QED) is 0.0857. The summed E-state index contributed by atoms with van der Waals surface area (Å²) in [5.41, 5.74) is 5.22. The summed E-state index contributed by atoms with van der Waals surface area (Å²) in [6.07, 6.45) is 1.85. The van der Waals surface area contributed by atoms with E-state index in [0.717, 1.165) is 33.5 Å². The number of esters is 1. The average molecular weight is 543 g/mol. The van der Waals surface area contributed by atoms with E-state index in [1.165, 1.54) is 0 Å². The largest absolute Gasteiger partial charge is 0.460 e. The van der Waals surface area contributed by atoms with E-state index in [4.69, 9.17) is 4.74 Å². The van der Waals surface area contributed by atoms with E-state index in [2.05, 4.69) is 43.7 Å². The first-order valence-electron chi connectivity index (χ1n) is 11.5.